The molecular weight excluding hydrogens is 328 g/mol. The Kier molecular flexibility index (Phi) is 4.37. The number of amides is 2. The molecule has 1 N–H and O–H groups in total. The van der Waals surface area contributed by atoms with Crippen molar-refractivity contribution in [3.63, 3.8) is 0 Å². The summed E-state index contributed by atoms with van der Waals surface area (Å²) < 4.78 is 5.82. The molecule has 4 rings (SSSR count). The fraction of sp³-hybridized carbons (Fsp3) is 0.333. The first-order valence-electron chi connectivity index (χ1n) is 9.03. The van der Waals surface area contributed by atoms with Gasteiger partial charge in [0.2, 0.25) is 11.8 Å². The van der Waals surface area contributed by atoms with Gasteiger partial charge in [0, 0.05) is 24.7 Å². The van der Waals surface area contributed by atoms with Gasteiger partial charge in [-0.2, -0.15) is 0 Å². The predicted molar refractivity (Wildman–Crippen MR) is 99.2 cm³/mol. The standard InChI is InChI=1S/C21H22N2O3/c1-14-3-2-4-19(11-14)26-18-9-5-16(6-10-18)22-21(25)15-12-20(24)23(13-15)17-7-8-17/h2-6,9-11,15,17H,7-8,12-13H2,1H3,(H,22,25). The van der Waals surface area contributed by atoms with Crippen molar-refractivity contribution in [1.82, 2.24) is 4.90 Å². The number of hydrogen-bond acceptors (Lipinski definition) is 3. The van der Waals surface area contributed by atoms with Crippen LogP contribution in [0.1, 0.15) is 24.8 Å². The zero-order valence-corrected chi connectivity index (χ0v) is 14.8. The average molecular weight is 350 g/mol. The van der Waals surface area contributed by atoms with E-state index in [0.717, 1.165) is 24.2 Å². The quantitative estimate of drug-likeness (QED) is 0.894. The topological polar surface area (TPSA) is 58.6 Å². The van der Waals surface area contributed by atoms with Crippen LogP contribution < -0.4 is 10.1 Å². The van der Waals surface area contributed by atoms with E-state index in [4.69, 9.17) is 4.74 Å². The number of nitrogens with one attached hydrogen (secondary N) is 1. The van der Waals surface area contributed by atoms with Gasteiger partial charge >= 0.3 is 0 Å². The number of nitrogens with zero attached hydrogens (tertiary/aromatic N) is 1. The number of ether oxygens (including phenoxy) is 1. The van der Waals surface area contributed by atoms with Crippen molar-refractivity contribution < 1.29 is 14.3 Å². The van der Waals surface area contributed by atoms with E-state index in [1.165, 1.54) is 0 Å². The van der Waals surface area contributed by atoms with Crippen LogP contribution in [0.4, 0.5) is 5.69 Å². The van der Waals surface area contributed by atoms with E-state index >= 15 is 0 Å². The lowest BCUT2D eigenvalue weighted by Gasteiger charge is -2.15. The maximum atomic E-state index is 12.4. The first-order chi connectivity index (χ1) is 12.6. The van der Waals surface area contributed by atoms with Gasteiger partial charge in [-0.3, -0.25) is 9.59 Å². The van der Waals surface area contributed by atoms with Crippen molar-refractivity contribution in [2.24, 2.45) is 5.92 Å². The minimum absolute atomic E-state index is 0.0890. The van der Waals surface area contributed by atoms with Crippen LogP contribution in [0.2, 0.25) is 0 Å². The first kappa shape index (κ1) is 16.6. The third kappa shape index (κ3) is 3.72. The molecule has 2 amide bonds. The number of carbonyl (C=O) groups is 2. The summed E-state index contributed by atoms with van der Waals surface area (Å²) in [5.74, 6) is 1.26. The highest BCUT2D eigenvalue weighted by Crippen LogP contribution is 2.33. The van der Waals surface area contributed by atoms with Gasteiger partial charge < -0.3 is 15.0 Å². The summed E-state index contributed by atoms with van der Waals surface area (Å²) in [5, 5.41) is 2.91. The highest BCUT2D eigenvalue weighted by Gasteiger charge is 2.41. The van der Waals surface area contributed by atoms with Crippen molar-refractivity contribution >= 4 is 17.5 Å². The van der Waals surface area contributed by atoms with Crippen LogP contribution in [0.25, 0.3) is 0 Å². The van der Waals surface area contributed by atoms with Crippen LogP contribution in [0.15, 0.2) is 48.5 Å². The van der Waals surface area contributed by atoms with Gasteiger partial charge in [0.15, 0.2) is 0 Å². The molecule has 1 heterocycles. The fourth-order valence-electron chi connectivity index (χ4n) is 3.31. The minimum atomic E-state index is -0.258. The van der Waals surface area contributed by atoms with E-state index in [9.17, 15) is 9.59 Å². The summed E-state index contributed by atoms with van der Waals surface area (Å²) in [6.07, 6.45) is 2.46. The number of benzene rings is 2. The van der Waals surface area contributed by atoms with Gasteiger partial charge in [-0.05, 0) is 61.7 Å². The summed E-state index contributed by atoms with van der Waals surface area (Å²) in [6.45, 7) is 2.56. The molecule has 1 aliphatic carbocycles. The Morgan fingerprint density at radius 3 is 2.58 bits per heavy atom. The Morgan fingerprint density at radius 1 is 1.12 bits per heavy atom. The van der Waals surface area contributed by atoms with Gasteiger partial charge in [0.05, 0.1) is 5.92 Å². The van der Waals surface area contributed by atoms with Crippen molar-refractivity contribution in [1.29, 1.82) is 0 Å². The second-order valence-corrected chi connectivity index (χ2v) is 7.11. The molecule has 2 fully saturated rings. The third-order valence-corrected chi connectivity index (χ3v) is 4.86. The zero-order chi connectivity index (χ0) is 18.1. The summed E-state index contributed by atoms with van der Waals surface area (Å²) in [5.41, 5.74) is 1.85. The van der Waals surface area contributed by atoms with Gasteiger partial charge in [-0.25, -0.2) is 0 Å². The number of likely N-dealkylation sites (tertiary alicyclic amines) is 1. The summed E-state index contributed by atoms with van der Waals surface area (Å²) >= 11 is 0. The minimum Gasteiger partial charge on any atom is -0.457 e. The maximum absolute atomic E-state index is 12.4. The number of rotatable bonds is 5. The molecule has 0 radical (unpaired) electrons. The Hall–Kier alpha value is -2.82. The average Bonchev–Trinajstić information content (AvgIpc) is 3.38. The summed E-state index contributed by atoms with van der Waals surface area (Å²) in [4.78, 5) is 26.3. The maximum Gasteiger partial charge on any atom is 0.229 e. The van der Waals surface area contributed by atoms with Crippen LogP contribution in [-0.4, -0.2) is 29.3 Å². The lowest BCUT2D eigenvalue weighted by molar-refractivity contribution is -0.128. The molecule has 2 aromatic rings. The third-order valence-electron chi connectivity index (χ3n) is 4.86. The van der Waals surface area contributed by atoms with Crippen LogP contribution in [0.5, 0.6) is 11.5 Å². The van der Waals surface area contributed by atoms with Gasteiger partial charge in [0.25, 0.3) is 0 Å². The highest BCUT2D eigenvalue weighted by molar-refractivity contribution is 5.97. The fourth-order valence-corrected chi connectivity index (χ4v) is 3.31. The van der Waals surface area contributed by atoms with Crippen LogP contribution in [0, 0.1) is 12.8 Å². The van der Waals surface area contributed by atoms with Crippen molar-refractivity contribution in [3.8, 4) is 11.5 Å². The number of anilines is 1. The van der Waals surface area contributed by atoms with Gasteiger partial charge in [-0.1, -0.05) is 12.1 Å². The van der Waals surface area contributed by atoms with E-state index < -0.39 is 0 Å². The lowest BCUT2D eigenvalue weighted by Crippen LogP contribution is -2.29. The smallest absolute Gasteiger partial charge is 0.229 e. The van der Waals surface area contributed by atoms with Crippen LogP contribution >= 0.6 is 0 Å². The molecule has 5 heteroatoms. The van der Waals surface area contributed by atoms with E-state index in [1.54, 1.807) is 0 Å². The molecule has 0 aromatic heterocycles. The van der Waals surface area contributed by atoms with E-state index in [1.807, 2.05) is 60.4 Å². The number of carbonyl (C=O) groups excluding carboxylic acids is 2. The molecular formula is C21H22N2O3. The van der Waals surface area contributed by atoms with E-state index in [2.05, 4.69) is 5.32 Å². The number of hydrogen-bond donors (Lipinski definition) is 1. The molecule has 2 aliphatic rings. The van der Waals surface area contributed by atoms with Crippen molar-refractivity contribution in [2.45, 2.75) is 32.2 Å². The monoisotopic (exact) mass is 350 g/mol. The molecule has 26 heavy (non-hydrogen) atoms. The SMILES string of the molecule is Cc1cccc(Oc2ccc(NC(=O)C3CC(=O)N(C4CC4)C3)cc2)c1. The normalized spacial score (nSPS) is 19.5. The first-order valence-corrected chi connectivity index (χ1v) is 9.03. The zero-order valence-electron chi connectivity index (χ0n) is 14.8. The number of aryl methyl sites for hydroxylation is 1. The predicted octanol–water partition coefficient (Wildman–Crippen LogP) is 3.74. The molecule has 1 saturated heterocycles. The van der Waals surface area contributed by atoms with Crippen LogP contribution in [-0.2, 0) is 9.59 Å². The molecule has 1 atom stereocenters. The molecule has 5 nitrogen and oxygen atoms in total. The largest absolute Gasteiger partial charge is 0.457 e. The highest BCUT2D eigenvalue weighted by atomic mass is 16.5. The Bertz CT molecular complexity index is 827. The molecule has 1 unspecified atom stereocenters. The Balaban J connectivity index is 1.35. The lowest BCUT2D eigenvalue weighted by atomic mass is 10.1. The molecule has 134 valence electrons. The van der Waals surface area contributed by atoms with Crippen molar-refractivity contribution in [3.05, 3.63) is 54.1 Å². The molecule has 2 aromatic carbocycles. The van der Waals surface area contributed by atoms with Crippen LogP contribution in [0.3, 0.4) is 0 Å². The summed E-state index contributed by atoms with van der Waals surface area (Å²) in [7, 11) is 0. The van der Waals surface area contributed by atoms with E-state index in [-0.39, 0.29) is 17.7 Å². The molecule has 1 aliphatic heterocycles. The molecule has 0 spiro atoms. The summed E-state index contributed by atoms with van der Waals surface area (Å²) in [6, 6.07) is 15.5. The van der Waals surface area contributed by atoms with Gasteiger partial charge in [0.1, 0.15) is 11.5 Å². The Morgan fingerprint density at radius 2 is 1.88 bits per heavy atom. The molecule has 0 bridgehead atoms. The van der Waals surface area contributed by atoms with Crippen molar-refractivity contribution in [2.75, 3.05) is 11.9 Å². The second-order valence-electron chi connectivity index (χ2n) is 7.11. The van der Waals surface area contributed by atoms with E-state index in [0.29, 0.717) is 30.4 Å². The second kappa shape index (κ2) is 6.83. The van der Waals surface area contributed by atoms with Gasteiger partial charge in [-0.15, -0.1) is 0 Å². The Labute approximate surface area is 153 Å². The molecule has 1 saturated carbocycles.